The zero-order chi connectivity index (χ0) is 22.2. The fourth-order valence-electron chi connectivity index (χ4n) is 6.31. The highest BCUT2D eigenvalue weighted by Crippen LogP contribution is 2.30. The Balaban J connectivity index is 1.54. The van der Waals surface area contributed by atoms with Gasteiger partial charge >= 0.3 is 0 Å². The quantitative estimate of drug-likeness (QED) is 0.554. The minimum atomic E-state index is 0.182. The molecule has 0 bridgehead atoms. The van der Waals surface area contributed by atoms with E-state index >= 15 is 0 Å². The van der Waals surface area contributed by atoms with Crippen molar-refractivity contribution in [2.24, 2.45) is 0 Å². The van der Waals surface area contributed by atoms with E-state index in [1.54, 1.807) is 0 Å². The number of rotatable bonds is 6. The largest absolute Gasteiger partial charge is 0.310 e. The summed E-state index contributed by atoms with van der Waals surface area (Å²) in [6.07, 6.45) is 4.66. The molecule has 2 heterocycles. The maximum absolute atomic E-state index is 3.83. The average Bonchev–Trinajstić information content (AvgIpc) is 2.53. The summed E-state index contributed by atoms with van der Waals surface area (Å²) in [7, 11) is 0. The Hall–Kier alpha value is -0.940. The Morgan fingerprint density at radius 1 is 0.667 bits per heavy atom. The molecule has 2 aliphatic heterocycles. The first-order valence-corrected chi connectivity index (χ1v) is 11.9. The molecule has 1 aromatic carbocycles. The van der Waals surface area contributed by atoms with Gasteiger partial charge in [-0.3, -0.25) is 0 Å². The van der Waals surface area contributed by atoms with E-state index in [-0.39, 0.29) is 22.2 Å². The lowest BCUT2D eigenvalue weighted by molar-refractivity contribution is 0.145. The second kappa shape index (κ2) is 8.54. The second-order valence-electron chi connectivity index (χ2n) is 12.6. The van der Waals surface area contributed by atoms with Gasteiger partial charge in [-0.1, -0.05) is 24.3 Å². The van der Waals surface area contributed by atoms with E-state index in [1.807, 2.05) is 0 Å². The standard InChI is InChI=1S/C26H46N4/c1-23(2)13-21(14-24(3,4)29-23)27-17-19-10-9-11-20(12-19)18-28-22-15-25(5,6)30-26(7,8)16-22/h9-12,21-22,27-30H,13-18H2,1-8H3. The van der Waals surface area contributed by atoms with E-state index in [0.29, 0.717) is 12.1 Å². The van der Waals surface area contributed by atoms with E-state index in [4.69, 9.17) is 0 Å². The fourth-order valence-corrected chi connectivity index (χ4v) is 6.31. The topological polar surface area (TPSA) is 48.1 Å². The van der Waals surface area contributed by atoms with E-state index in [2.05, 4.69) is 101 Å². The normalized spacial score (nSPS) is 25.9. The van der Waals surface area contributed by atoms with Gasteiger partial charge < -0.3 is 21.3 Å². The molecule has 4 N–H and O–H groups in total. The van der Waals surface area contributed by atoms with Crippen molar-refractivity contribution in [2.45, 2.75) is 128 Å². The summed E-state index contributed by atoms with van der Waals surface area (Å²) in [5.74, 6) is 0. The van der Waals surface area contributed by atoms with Crippen LogP contribution in [0.4, 0.5) is 0 Å². The summed E-state index contributed by atoms with van der Waals surface area (Å²) in [4.78, 5) is 0. The van der Waals surface area contributed by atoms with Crippen molar-refractivity contribution in [1.29, 1.82) is 0 Å². The van der Waals surface area contributed by atoms with E-state index in [9.17, 15) is 0 Å². The molecule has 0 saturated carbocycles. The van der Waals surface area contributed by atoms with Crippen LogP contribution in [0.2, 0.25) is 0 Å². The number of piperidine rings is 2. The number of benzene rings is 1. The van der Waals surface area contributed by atoms with Crippen molar-refractivity contribution in [3.63, 3.8) is 0 Å². The Bertz CT molecular complexity index is 630. The highest BCUT2D eigenvalue weighted by atomic mass is 15.1. The van der Waals surface area contributed by atoms with Crippen LogP contribution in [0.15, 0.2) is 24.3 Å². The van der Waals surface area contributed by atoms with Gasteiger partial charge in [-0.25, -0.2) is 0 Å². The summed E-state index contributed by atoms with van der Waals surface area (Å²) in [5, 5.41) is 15.2. The van der Waals surface area contributed by atoms with Crippen molar-refractivity contribution in [3.05, 3.63) is 35.4 Å². The van der Waals surface area contributed by atoms with Gasteiger partial charge in [0.2, 0.25) is 0 Å². The molecule has 1 aromatic rings. The highest BCUT2D eigenvalue weighted by molar-refractivity contribution is 5.23. The lowest BCUT2D eigenvalue weighted by atomic mass is 9.79. The van der Waals surface area contributed by atoms with E-state index in [1.165, 1.54) is 36.8 Å². The van der Waals surface area contributed by atoms with Crippen LogP contribution in [-0.4, -0.2) is 34.2 Å². The van der Waals surface area contributed by atoms with Gasteiger partial charge in [0, 0.05) is 47.3 Å². The summed E-state index contributed by atoms with van der Waals surface area (Å²) in [6, 6.07) is 10.2. The van der Waals surface area contributed by atoms with Crippen molar-refractivity contribution in [1.82, 2.24) is 21.3 Å². The molecule has 0 atom stereocenters. The third kappa shape index (κ3) is 7.05. The van der Waals surface area contributed by atoms with Gasteiger partial charge in [-0.15, -0.1) is 0 Å². The molecule has 2 saturated heterocycles. The van der Waals surface area contributed by atoms with Crippen molar-refractivity contribution >= 4 is 0 Å². The lowest BCUT2D eigenvalue weighted by Crippen LogP contribution is -2.61. The van der Waals surface area contributed by atoms with Crippen LogP contribution in [0.1, 0.15) is 92.2 Å². The Morgan fingerprint density at radius 3 is 1.33 bits per heavy atom. The van der Waals surface area contributed by atoms with Crippen LogP contribution in [0, 0.1) is 0 Å². The van der Waals surface area contributed by atoms with Crippen LogP contribution in [-0.2, 0) is 13.1 Å². The molecule has 170 valence electrons. The molecule has 0 spiro atoms. The predicted octanol–water partition coefficient (Wildman–Crippen LogP) is 4.48. The third-order valence-electron chi connectivity index (χ3n) is 6.56. The summed E-state index contributed by atoms with van der Waals surface area (Å²) >= 11 is 0. The molecule has 0 aliphatic carbocycles. The van der Waals surface area contributed by atoms with Gasteiger partial charge in [0.25, 0.3) is 0 Å². The van der Waals surface area contributed by atoms with Gasteiger partial charge in [0.15, 0.2) is 0 Å². The number of nitrogens with one attached hydrogen (secondary N) is 4. The molecule has 0 aromatic heterocycles. The molecule has 0 unspecified atom stereocenters. The van der Waals surface area contributed by atoms with Crippen LogP contribution in [0.5, 0.6) is 0 Å². The number of hydrogen-bond acceptors (Lipinski definition) is 4. The fraction of sp³-hybridized carbons (Fsp3) is 0.769. The monoisotopic (exact) mass is 414 g/mol. The molecular formula is C26H46N4. The van der Waals surface area contributed by atoms with Crippen LogP contribution < -0.4 is 21.3 Å². The second-order valence-corrected chi connectivity index (χ2v) is 12.6. The first-order valence-electron chi connectivity index (χ1n) is 11.9. The Morgan fingerprint density at radius 2 is 1.00 bits per heavy atom. The van der Waals surface area contributed by atoms with Crippen LogP contribution >= 0.6 is 0 Å². The molecule has 4 heteroatoms. The van der Waals surface area contributed by atoms with Gasteiger partial charge in [0.1, 0.15) is 0 Å². The predicted molar refractivity (Wildman–Crippen MR) is 129 cm³/mol. The summed E-state index contributed by atoms with van der Waals surface area (Å²) in [6.45, 7) is 20.4. The average molecular weight is 415 g/mol. The first kappa shape index (κ1) is 23.7. The smallest absolute Gasteiger partial charge is 0.0208 e. The highest BCUT2D eigenvalue weighted by Gasteiger charge is 2.38. The number of hydrogen-bond donors (Lipinski definition) is 4. The van der Waals surface area contributed by atoms with Gasteiger partial charge in [-0.05, 0) is 92.2 Å². The Kier molecular flexibility index (Phi) is 6.75. The molecule has 4 nitrogen and oxygen atoms in total. The Labute approximate surface area is 185 Å². The minimum Gasteiger partial charge on any atom is -0.310 e. The molecular weight excluding hydrogens is 368 g/mol. The molecule has 2 fully saturated rings. The summed E-state index contributed by atoms with van der Waals surface area (Å²) < 4.78 is 0. The molecule has 0 amide bonds. The third-order valence-corrected chi connectivity index (χ3v) is 6.56. The van der Waals surface area contributed by atoms with Gasteiger partial charge in [0.05, 0.1) is 0 Å². The maximum Gasteiger partial charge on any atom is 0.0208 e. The van der Waals surface area contributed by atoms with Crippen molar-refractivity contribution < 1.29 is 0 Å². The summed E-state index contributed by atoms with van der Waals surface area (Å²) in [5.41, 5.74) is 3.50. The van der Waals surface area contributed by atoms with Crippen LogP contribution in [0.25, 0.3) is 0 Å². The molecule has 2 aliphatic rings. The maximum atomic E-state index is 3.83. The van der Waals surface area contributed by atoms with E-state index in [0.717, 1.165) is 13.1 Å². The molecule has 30 heavy (non-hydrogen) atoms. The SMILES string of the molecule is CC1(C)CC(NCc2cccc(CNC3CC(C)(C)NC(C)(C)C3)c2)CC(C)(C)N1. The molecule has 3 rings (SSSR count). The lowest BCUT2D eigenvalue weighted by Gasteiger charge is -2.47. The van der Waals surface area contributed by atoms with Crippen molar-refractivity contribution in [3.8, 4) is 0 Å². The first-order chi connectivity index (χ1) is 13.7. The van der Waals surface area contributed by atoms with Crippen LogP contribution in [0.3, 0.4) is 0 Å². The molecule has 0 radical (unpaired) electrons. The van der Waals surface area contributed by atoms with Gasteiger partial charge in [-0.2, -0.15) is 0 Å². The van der Waals surface area contributed by atoms with E-state index < -0.39 is 0 Å². The zero-order valence-electron chi connectivity index (χ0n) is 20.7. The van der Waals surface area contributed by atoms with Crippen molar-refractivity contribution in [2.75, 3.05) is 0 Å². The zero-order valence-corrected chi connectivity index (χ0v) is 20.7. The minimum absolute atomic E-state index is 0.182.